The van der Waals surface area contributed by atoms with Gasteiger partial charge in [0, 0.05) is 24.8 Å². The first-order chi connectivity index (χ1) is 15.1. The number of aromatic nitrogens is 3. The zero-order valence-electron chi connectivity index (χ0n) is 17.9. The zero-order chi connectivity index (χ0) is 21.9. The van der Waals surface area contributed by atoms with Crippen molar-refractivity contribution in [1.82, 2.24) is 20.5 Å². The van der Waals surface area contributed by atoms with Gasteiger partial charge in [-0.25, -0.2) is 4.98 Å². The lowest BCUT2D eigenvalue weighted by molar-refractivity contribution is 0.0955. The Morgan fingerprint density at radius 1 is 0.968 bits per heavy atom. The Kier molecular flexibility index (Phi) is 8.16. The maximum atomic E-state index is 12.2. The summed E-state index contributed by atoms with van der Waals surface area (Å²) in [4.78, 5) is 16.5. The van der Waals surface area contributed by atoms with Gasteiger partial charge in [-0.15, -0.1) is 10.2 Å². The molecule has 3 N–H and O–H groups in total. The third-order valence-corrected chi connectivity index (χ3v) is 4.44. The van der Waals surface area contributed by atoms with E-state index in [2.05, 4.69) is 38.1 Å². The van der Waals surface area contributed by atoms with Crippen LogP contribution in [0.5, 0.6) is 5.75 Å². The Balaban J connectivity index is 1.38. The molecular weight excluding hydrogens is 392 g/mol. The Labute approximate surface area is 182 Å². The van der Waals surface area contributed by atoms with Crippen molar-refractivity contribution in [1.29, 1.82) is 0 Å². The molecule has 0 atom stereocenters. The van der Waals surface area contributed by atoms with E-state index in [0.717, 1.165) is 30.0 Å². The topological polar surface area (TPSA) is 101 Å². The minimum Gasteiger partial charge on any atom is -0.494 e. The second-order valence-corrected chi connectivity index (χ2v) is 7.06. The molecule has 2 aromatic heterocycles. The van der Waals surface area contributed by atoms with Gasteiger partial charge in [0.25, 0.3) is 5.91 Å². The number of hydrogen-bond donors (Lipinski definition) is 3. The van der Waals surface area contributed by atoms with E-state index in [1.165, 1.54) is 0 Å². The van der Waals surface area contributed by atoms with Crippen molar-refractivity contribution in [2.45, 2.75) is 26.7 Å². The van der Waals surface area contributed by atoms with Gasteiger partial charge in [0.15, 0.2) is 5.82 Å². The second kappa shape index (κ2) is 11.5. The number of anilines is 3. The third-order valence-electron chi connectivity index (χ3n) is 4.44. The first kappa shape index (κ1) is 22.0. The number of rotatable bonds is 11. The number of aryl methyl sites for hydroxylation is 1. The number of ether oxygens (including phenoxy) is 1. The smallest absolute Gasteiger partial charge is 0.251 e. The molecule has 0 unspecified atom stereocenters. The number of amides is 1. The van der Waals surface area contributed by atoms with Crippen LogP contribution in [-0.2, 0) is 0 Å². The van der Waals surface area contributed by atoms with Crippen molar-refractivity contribution >= 4 is 23.4 Å². The fourth-order valence-electron chi connectivity index (χ4n) is 2.73. The van der Waals surface area contributed by atoms with Gasteiger partial charge in [-0.3, -0.25) is 4.79 Å². The zero-order valence-corrected chi connectivity index (χ0v) is 17.9. The Hall–Kier alpha value is -3.68. The summed E-state index contributed by atoms with van der Waals surface area (Å²) in [6.07, 6.45) is 3.85. The van der Waals surface area contributed by atoms with Crippen LogP contribution in [-0.4, -0.2) is 40.8 Å². The molecule has 1 amide bonds. The van der Waals surface area contributed by atoms with Crippen LogP contribution in [0, 0.1) is 6.92 Å². The summed E-state index contributed by atoms with van der Waals surface area (Å²) in [5.41, 5.74) is 1.71. The minimum atomic E-state index is -0.127. The quantitative estimate of drug-likeness (QED) is 0.404. The van der Waals surface area contributed by atoms with Crippen molar-refractivity contribution in [3.63, 3.8) is 0 Å². The van der Waals surface area contributed by atoms with E-state index in [-0.39, 0.29) is 5.91 Å². The average molecular weight is 421 g/mol. The van der Waals surface area contributed by atoms with Crippen LogP contribution in [0.4, 0.5) is 17.5 Å². The van der Waals surface area contributed by atoms with Crippen LogP contribution < -0.4 is 20.7 Å². The van der Waals surface area contributed by atoms with E-state index >= 15 is 0 Å². The molecular formula is C23H28N6O2. The maximum Gasteiger partial charge on any atom is 0.251 e. The summed E-state index contributed by atoms with van der Waals surface area (Å²) >= 11 is 0. The van der Waals surface area contributed by atoms with Gasteiger partial charge in [-0.05, 0) is 67.4 Å². The molecule has 8 nitrogen and oxygen atoms in total. The van der Waals surface area contributed by atoms with Gasteiger partial charge in [0.05, 0.1) is 6.61 Å². The molecule has 0 spiro atoms. The fourth-order valence-corrected chi connectivity index (χ4v) is 2.73. The average Bonchev–Trinajstić information content (AvgIpc) is 2.78. The molecule has 2 heterocycles. The van der Waals surface area contributed by atoms with Crippen LogP contribution in [0.1, 0.15) is 35.7 Å². The number of nitrogens with zero attached hydrogens (tertiary/aromatic N) is 3. The van der Waals surface area contributed by atoms with Crippen LogP contribution in [0.2, 0.25) is 0 Å². The Morgan fingerprint density at radius 3 is 2.45 bits per heavy atom. The van der Waals surface area contributed by atoms with Crippen LogP contribution >= 0.6 is 0 Å². The first-order valence-electron chi connectivity index (χ1n) is 10.4. The molecule has 31 heavy (non-hydrogen) atoms. The predicted octanol–water partition coefficient (Wildman–Crippen LogP) is 3.94. The largest absolute Gasteiger partial charge is 0.494 e. The van der Waals surface area contributed by atoms with Gasteiger partial charge in [0.1, 0.15) is 17.4 Å². The molecule has 1 aromatic carbocycles. The van der Waals surface area contributed by atoms with E-state index in [9.17, 15) is 4.79 Å². The van der Waals surface area contributed by atoms with E-state index in [4.69, 9.17) is 4.74 Å². The van der Waals surface area contributed by atoms with E-state index in [1.807, 2.05) is 43.3 Å². The predicted molar refractivity (Wildman–Crippen MR) is 122 cm³/mol. The summed E-state index contributed by atoms with van der Waals surface area (Å²) < 4.78 is 5.61. The summed E-state index contributed by atoms with van der Waals surface area (Å²) in [5, 5.41) is 17.4. The van der Waals surface area contributed by atoms with Crippen LogP contribution in [0.3, 0.4) is 0 Å². The molecule has 0 aliphatic carbocycles. The molecule has 0 bridgehead atoms. The van der Waals surface area contributed by atoms with E-state index in [1.54, 1.807) is 18.3 Å². The normalized spacial score (nSPS) is 10.4. The summed E-state index contributed by atoms with van der Waals surface area (Å²) in [5.74, 6) is 2.61. The van der Waals surface area contributed by atoms with Crippen molar-refractivity contribution in [3.05, 3.63) is 65.9 Å². The van der Waals surface area contributed by atoms with E-state index in [0.29, 0.717) is 36.9 Å². The fraction of sp³-hybridized carbons (Fsp3) is 0.304. The summed E-state index contributed by atoms with van der Waals surface area (Å²) in [6, 6.07) is 14.7. The van der Waals surface area contributed by atoms with Crippen molar-refractivity contribution in [2.75, 3.05) is 30.3 Å². The lowest BCUT2D eigenvalue weighted by Gasteiger charge is -2.09. The van der Waals surface area contributed by atoms with E-state index < -0.39 is 0 Å². The number of carbonyl (C=O) groups excluding carboxylic acids is 1. The molecule has 0 saturated heterocycles. The highest BCUT2D eigenvalue weighted by Gasteiger charge is 2.05. The van der Waals surface area contributed by atoms with Crippen molar-refractivity contribution in [2.24, 2.45) is 0 Å². The Morgan fingerprint density at radius 2 is 1.74 bits per heavy atom. The minimum absolute atomic E-state index is 0.127. The highest BCUT2D eigenvalue weighted by Crippen LogP contribution is 2.14. The Bertz CT molecular complexity index is 961. The van der Waals surface area contributed by atoms with Gasteiger partial charge in [-0.1, -0.05) is 13.3 Å². The molecule has 0 aliphatic heterocycles. The highest BCUT2D eigenvalue weighted by atomic mass is 16.5. The molecule has 3 aromatic rings. The van der Waals surface area contributed by atoms with Gasteiger partial charge in [0.2, 0.25) is 0 Å². The summed E-state index contributed by atoms with van der Waals surface area (Å²) in [6.45, 7) is 5.81. The molecule has 0 saturated carbocycles. The second-order valence-electron chi connectivity index (χ2n) is 7.06. The highest BCUT2D eigenvalue weighted by molar-refractivity contribution is 5.94. The number of pyridine rings is 1. The van der Waals surface area contributed by atoms with Crippen molar-refractivity contribution < 1.29 is 9.53 Å². The standard InChI is InChI=1S/C23H28N6O2/c1-3-4-15-31-19-7-5-18(6-8-19)23(30)26-14-13-25-20-9-10-21(29-28-20)27-22-16-17(2)11-12-24-22/h5-12,16H,3-4,13-15H2,1-2H3,(H,25,28)(H,26,30)(H,24,27,29). The summed E-state index contributed by atoms with van der Waals surface area (Å²) in [7, 11) is 0. The number of nitrogens with one attached hydrogen (secondary N) is 3. The number of unbranched alkanes of at least 4 members (excludes halogenated alkanes) is 1. The van der Waals surface area contributed by atoms with Crippen LogP contribution in [0.25, 0.3) is 0 Å². The lowest BCUT2D eigenvalue weighted by Crippen LogP contribution is -2.28. The number of benzene rings is 1. The van der Waals surface area contributed by atoms with Crippen molar-refractivity contribution in [3.8, 4) is 5.75 Å². The van der Waals surface area contributed by atoms with Gasteiger partial charge in [-0.2, -0.15) is 0 Å². The molecule has 0 radical (unpaired) electrons. The molecule has 0 aliphatic rings. The molecule has 3 rings (SSSR count). The third kappa shape index (κ3) is 7.26. The molecule has 0 fully saturated rings. The molecule has 162 valence electrons. The first-order valence-corrected chi connectivity index (χ1v) is 10.4. The SMILES string of the molecule is CCCCOc1ccc(C(=O)NCCNc2ccc(Nc3cc(C)ccn3)nn2)cc1. The van der Waals surface area contributed by atoms with Gasteiger partial charge >= 0.3 is 0 Å². The monoisotopic (exact) mass is 420 g/mol. The van der Waals surface area contributed by atoms with Crippen LogP contribution in [0.15, 0.2) is 54.7 Å². The number of carbonyl (C=O) groups is 1. The van der Waals surface area contributed by atoms with Gasteiger partial charge < -0.3 is 20.7 Å². The maximum absolute atomic E-state index is 12.2. The lowest BCUT2D eigenvalue weighted by atomic mass is 10.2. The number of hydrogen-bond acceptors (Lipinski definition) is 7. The molecule has 8 heteroatoms.